The fourth-order valence-corrected chi connectivity index (χ4v) is 4.31. The molecule has 3 aromatic rings. The second-order valence-electron chi connectivity index (χ2n) is 9.17. The Kier molecular flexibility index (Phi) is 8.43. The molecule has 0 bridgehead atoms. The van der Waals surface area contributed by atoms with Crippen LogP contribution in [0.1, 0.15) is 36.6 Å². The number of nitrogens with zero attached hydrogens (tertiary/aromatic N) is 1. The Morgan fingerprint density at radius 3 is 2.42 bits per heavy atom. The molecular formula is C30H30FNO6. The number of likely N-dealkylation sites (tertiary alicyclic amines) is 1. The van der Waals surface area contributed by atoms with Crippen LogP contribution in [0.15, 0.2) is 78.4 Å². The van der Waals surface area contributed by atoms with E-state index in [1.165, 1.54) is 24.1 Å². The molecule has 0 aromatic heterocycles. The fraction of sp³-hybridized carbons (Fsp3) is 0.267. The number of amides is 1. The maximum atomic E-state index is 13.2. The molecule has 198 valence electrons. The number of rotatable bonds is 10. The zero-order chi connectivity index (χ0) is 27.2. The molecule has 1 unspecified atom stereocenters. The summed E-state index contributed by atoms with van der Waals surface area (Å²) < 4.78 is 30.0. The lowest BCUT2D eigenvalue weighted by molar-refractivity contribution is -0.140. The first-order valence-corrected chi connectivity index (χ1v) is 12.3. The Labute approximate surface area is 221 Å². The Balaban J connectivity index is 1.72. The van der Waals surface area contributed by atoms with Gasteiger partial charge in [-0.1, -0.05) is 36.4 Å². The Morgan fingerprint density at radius 2 is 1.71 bits per heavy atom. The van der Waals surface area contributed by atoms with Crippen LogP contribution in [0.3, 0.4) is 0 Å². The zero-order valence-electron chi connectivity index (χ0n) is 21.5. The monoisotopic (exact) mass is 519 g/mol. The van der Waals surface area contributed by atoms with Crippen LogP contribution in [0.25, 0.3) is 5.76 Å². The van der Waals surface area contributed by atoms with Crippen molar-refractivity contribution in [2.75, 3.05) is 20.3 Å². The van der Waals surface area contributed by atoms with E-state index in [1.807, 2.05) is 13.8 Å². The quantitative estimate of drug-likeness (QED) is 0.223. The number of aliphatic hydroxyl groups is 1. The van der Waals surface area contributed by atoms with E-state index < -0.39 is 17.7 Å². The van der Waals surface area contributed by atoms with Gasteiger partial charge in [0.1, 0.15) is 29.7 Å². The van der Waals surface area contributed by atoms with Crippen molar-refractivity contribution in [3.63, 3.8) is 0 Å². The van der Waals surface area contributed by atoms with Crippen molar-refractivity contribution in [3.05, 3.63) is 101 Å². The molecule has 1 saturated heterocycles. The van der Waals surface area contributed by atoms with E-state index in [2.05, 4.69) is 0 Å². The van der Waals surface area contributed by atoms with Gasteiger partial charge >= 0.3 is 0 Å². The number of halogens is 1. The predicted molar refractivity (Wildman–Crippen MR) is 140 cm³/mol. The van der Waals surface area contributed by atoms with E-state index in [0.29, 0.717) is 22.6 Å². The SMILES string of the molecule is COCCN1C(=O)C(=O)/C(=C(\O)c2cccc(OC(C)C)c2)C1c1cccc(OCc2ccc(F)cc2)c1. The van der Waals surface area contributed by atoms with Crippen LogP contribution in [0.2, 0.25) is 0 Å². The van der Waals surface area contributed by atoms with Crippen molar-refractivity contribution in [3.8, 4) is 11.5 Å². The van der Waals surface area contributed by atoms with Crippen LogP contribution in [0.4, 0.5) is 4.39 Å². The second kappa shape index (κ2) is 11.9. The highest BCUT2D eigenvalue weighted by Gasteiger charge is 2.46. The summed E-state index contributed by atoms with van der Waals surface area (Å²) in [5.41, 5.74) is 1.71. The number of carbonyl (C=O) groups excluding carboxylic acids is 2. The number of aliphatic hydroxyl groups excluding tert-OH is 1. The predicted octanol–water partition coefficient (Wildman–Crippen LogP) is 5.26. The summed E-state index contributed by atoms with van der Waals surface area (Å²) in [5.74, 6) is -1.10. The summed E-state index contributed by atoms with van der Waals surface area (Å²) >= 11 is 0. The molecule has 4 rings (SSSR count). The molecule has 1 fully saturated rings. The van der Waals surface area contributed by atoms with Crippen LogP contribution < -0.4 is 9.47 Å². The van der Waals surface area contributed by atoms with E-state index in [0.717, 1.165) is 5.56 Å². The fourth-order valence-electron chi connectivity index (χ4n) is 4.31. The van der Waals surface area contributed by atoms with Crippen molar-refractivity contribution in [2.45, 2.75) is 32.6 Å². The molecular weight excluding hydrogens is 489 g/mol. The second-order valence-corrected chi connectivity index (χ2v) is 9.17. The molecule has 1 aliphatic heterocycles. The van der Waals surface area contributed by atoms with Gasteiger partial charge in [-0.15, -0.1) is 0 Å². The van der Waals surface area contributed by atoms with Crippen molar-refractivity contribution in [1.82, 2.24) is 4.90 Å². The topological polar surface area (TPSA) is 85.3 Å². The van der Waals surface area contributed by atoms with Gasteiger partial charge in [-0.3, -0.25) is 9.59 Å². The minimum absolute atomic E-state index is 0.0246. The average Bonchev–Trinajstić information content (AvgIpc) is 3.16. The number of ketones is 1. The summed E-state index contributed by atoms with van der Waals surface area (Å²) in [4.78, 5) is 27.7. The van der Waals surface area contributed by atoms with E-state index in [1.54, 1.807) is 60.7 Å². The van der Waals surface area contributed by atoms with Gasteiger partial charge in [-0.2, -0.15) is 0 Å². The van der Waals surface area contributed by atoms with Gasteiger partial charge in [0, 0.05) is 19.2 Å². The first kappa shape index (κ1) is 26.9. The number of benzene rings is 3. The lowest BCUT2D eigenvalue weighted by Crippen LogP contribution is -2.32. The number of hydrogen-bond acceptors (Lipinski definition) is 6. The van der Waals surface area contributed by atoms with Crippen LogP contribution in [0.5, 0.6) is 11.5 Å². The number of carbonyl (C=O) groups is 2. The van der Waals surface area contributed by atoms with E-state index in [-0.39, 0.29) is 43.0 Å². The lowest BCUT2D eigenvalue weighted by atomic mass is 9.95. The standard InChI is InChI=1S/C30H30FNO6/c1-19(2)38-25-9-5-7-22(17-25)28(33)26-27(32(14-15-36-3)30(35)29(26)34)21-6-4-8-24(16-21)37-18-20-10-12-23(31)13-11-20/h4-13,16-17,19,27,33H,14-15,18H2,1-3H3/b28-26-. The van der Waals surface area contributed by atoms with E-state index >= 15 is 0 Å². The third kappa shape index (κ3) is 6.03. The smallest absolute Gasteiger partial charge is 0.295 e. The molecule has 0 radical (unpaired) electrons. The normalized spacial score (nSPS) is 16.8. The average molecular weight is 520 g/mol. The van der Waals surface area contributed by atoms with Gasteiger partial charge in [0.2, 0.25) is 0 Å². The Bertz CT molecular complexity index is 1330. The molecule has 1 amide bonds. The van der Waals surface area contributed by atoms with Crippen LogP contribution >= 0.6 is 0 Å². The molecule has 1 aliphatic rings. The van der Waals surface area contributed by atoms with E-state index in [4.69, 9.17) is 14.2 Å². The van der Waals surface area contributed by atoms with Crippen molar-refractivity contribution < 1.29 is 33.3 Å². The molecule has 1 N–H and O–H groups in total. The molecule has 0 aliphatic carbocycles. The van der Waals surface area contributed by atoms with Crippen molar-refractivity contribution >= 4 is 17.4 Å². The summed E-state index contributed by atoms with van der Waals surface area (Å²) in [6, 6.07) is 18.9. The maximum absolute atomic E-state index is 13.2. The highest BCUT2D eigenvalue weighted by Crippen LogP contribution is 2.40. The van der Waals surface area contributed by atoms with Gasteiger partial charge in [-0.25, -0.2) is 4.39 Å². The maximum Gasteiger partial charge on any atom is 0.295 e. The number of ether oxygens (including phenoxy) is 3. The lowest BCUT2D eigenvalue weighted by Gasteiger charge is -2.25. The first-order chi connectivity index (χ1) is 18.3. The largest absolute Gasteiger partial charge is 0.507 e. The summed E-state index contributed by atoms with van der Waals surface area (Å²) in [7, 11) is 1.51. The Hall–Kier alpha value is -4.17. The summed E-state index contributed by atoms with van der Waals surface area (Å²) in [5, 5.41) is 11.3. The third-order valence-corrected chi connectivity index (χ3v) is 6.05. The van der Waals surface area contributed by atoms with Gasteiger partial charge < -0.3 is 24.2 Å². The highest BCUT2D eigenvalue weighted by molar-refractivity contribution is 6.46. The summed E-state index contributed by atoms with van der Waals surface area (Å²) in [6.07, 6.45) is -0.0790. The molecule has 7 nitrogen and oxygen atoms in total. The van der Waals surface area contributed by atoms with Crippen LogP contribution in [-0.2, 0) is 20.9 Å². The van der Waals surface area contributed by atoms with Gasteiger partial charge in [0.05, 0.1) is 24.3 Å². The number of hydrogen-bond donors (Lipinski definition) is 1. The minimum atomic E-state index is -0.853. The molecule has 8 heteroatoms. The number of Topliss-reactive ketones (excluding diaryl/α,β-unsaturated/α-hetero) is 1. The Morgan fingerprint density at radius 1 is 1.00 bits per heavy atom. The molecule has 3 aromatic carbocycles. The zero-order valence-corrected chi connectivity index (χ0v) is 21.5. The van der Waals surface area contributed by atoms with E-state index in [9.17, 15) is 19.1 Å². The van der Waals surface area contributed by atoms with Crippen LogP contribution in [0, 0.1) is 5.82 Å². The van der Waals surface area contributed by atoms with Crippen molar-refractivity contribution in [1.29, 1.82) is 0 Å². The molecule has 1 atom stereocenters. The van der Waals surface area contributed by atoms with Gasteiger partial charge in [0.15, 0.2) is 0 Å². The molecule has 1 heterocycles. The van der Waals surface area contributed by atoms with Gasteiger partial charge in [-0.05, 0) is 61.4 Å². The molecule has 0 saturated carbocycles. The van der Waals surface area contributed by atoms with Gasteiger partial charge in [0.25, 0.3) is 11.7 Å². The number of methoxy groups -OCH3 is 1. The highest BCUT2D eigenvalue weighted by atomic mass is 19.1. The van der Waals surface area contributed by atoms with Crippen LogP contribution in [-0.4, -0.2) is 48.1 Å². The first-order valence-electron chi connectivity index (χ1n) is 12.3. The molecule has 0 spiro atoms. The summed E-state index contributed by atoms with van der Waals surface area (Å²) in [6.45, 7) is 4.34. The van der Waals surface area contributed by atoms with Crippen molar-refractivity contribution in [2.24, 2.45) is 0 Å². The third-order valence-electron chi connectivity index (χ3n) is 6.05. The minimum Gasteiger partial charge on any atom is -0.507 e. The molecule has 38 heavy (non-hydrogen) atoms.